The summed E-state index contributed by atoms with van der Waals surface area (Å²) in [5, 5.41) is 4.10. The summed E-state index contributed by atoms with van der Waals surface area (Å²) in [6, 6.07) is 11.9. The summed E-state index contributed by atoms with van der Waals surface area (Å²) in [6.45, 7) is 4.60. The van der Waals surface area contributed by atoms with Crippen molar-refractivity contribution in [1.29, 1.82) is 0 Å². The number of nitrogens with one attached hydrogen (secondary N) is 1. The van der Waals surface area contributed by atoms with E-state index < -0.39 is 0 Å². The van der Waals surface area contributed by atoms with Crippen LogP contribution in [0.1, 0.15) is 55.5 Å². The van der Waals surface area contributed by atoms with E-state index in [0.717, 1.165) is 25.7 Å². The van der Waals surface area contributed by atoms with Crippen LogP contribution in [0.2, 0.25) is 0 Å². The van der Waals surface area contributed by atoms with E-state index in [9.17, 15) is 14.0 Å². The maximum Gasteiger partial charge on any atom is 0.262 e. The molecule has 1 heterocycles. The van der Waals surface area contributed by atoms with Gasteiger partial charge in [0, 0.05) is 23.9 Å². The van der Waals surface area contributed by atoms with Gasteiger partial charge in [0.15, 0.2) is 5.16 Å². The largest absolute Gasteiger partial charge is 0.349 e. The van der Waals surface area contributed by atoms with Gasteiger partial charge in [0.05, 0.1) is 10.9 Å². The van der Waals surface area contributed by atoms with Crippen molar-refractivity contribution >= 4 is 28.6 Å². The third-order valence-corrected chi connectivity index (χ3v) is 6.76. The SMILES string of the molecule is CC(C)Cn1c(SCc2ccccc2F)nc2cc(C(=O)NC3CCCC3)ccc2c1=O. The highest BCUT2D eigenvalue weighted by molar-refractivity contribution is 7.98. The molecular formula is C25H28FN3O2S. The summed E-state index contributed by atoms with van der Waals surface area (Å²) < 4.78 is 15.8. The normalized spacial score (nSPS) is 14.4. The Morgan fingerprint density at radius 2 is 1.97 bits per heavy atom. The number of hydrogen-bond acceptors (Lipinski definition) is 4. The van der Waals surface area contributed by atoms with Gasteiger partial charge in [0.2, 0.25) is 0 Å². The number of halogens is 1. The Hall–Kier alpha value is -2.67. The van der Waals surface area contributed by atoms with E-state index in [-0.39, 0.29) is 29.2 Å². The number of carbonyl (C=O) groups is 1. The monoisotopic (exact) mass is 453 g/mol. The molecule has 0 spiro atoms. The molecule has 168 valence electrons. The van der Waals surface area contributed by atoms with Crippen LogP contribution in [0.4, 0.5) is 4.39 Å². The first-order valence-electron chi connectivity index (χ1n) is 11.1. The molecule has 1 aromatic heterocycles. The van der Waals surface area contributed by atoms with Crippen molar-refractivity contribution in [3.63, 3.8) is 0 Å². The fourth-order valence-corrected chi connectivity index (χ4v) is 5.07. The minimum atomic E-state index is -0.274. The molecule has 0 saturated heterocycles. The van der Waals surface area contributed by atoms with Crippen molar-refractivity contribution in [2.24, 2.45) is 5.92 Å². The molecule has 3 aromatic rings. The third-order valence-electron chi connectivity index (χ3n) is 5.74. The molecule has 0 bridgehead atoms. The number of thioether (sulfide) groups is 1. The van der Waals surface area contributed by atoms with Crippen LogP contribution >= 0.6 is 11.8 Å². The van der Waals surface area contributed by atoms with Gasteiger partial charge in [0.1, 0.15) is 5.82 Å². The Kier molecular flexibility index (Phi) is 6.94. The van der Waals surface area contributed by atoms with Crippen molar-refractivity contribution in [3.05, 3.63) is 69.8 Å². The molecule has 4 rings (SSSR count). The predicted octanol–water partition coefficient (Wildman–Crippen LogP) is 5.16. The van der Waals surface area contributed by atoms with Crippen molar-refractivity contribution < 1.29 is 9.18 Å². The molecule has 2 aromatic carbocycles. The van der Waals surface area contributed by atoms with Gasteiger partial charge in [-0.3, -0.25) is 14.2 Å². The van der Waals surface area contributed by atoms with E-state index in [1.807, 2.05) is 13.8 Å². The van der Waals surface area contributed by atoms with Crippen LogP contribution in [0.5, 0.6) is 0 Å². The molecule has 1 amide bonds. The Morgan fingerprint density at radius 1 is 1.22 bits per heavy atom. The minimum absolute atomic E-state index is 0.132. The molecule has 0 aliphatic heterocycles. The second-order valence-corrected chi connectivity index (χ2v) is 9.71. The molecule has 1 aliphatic carbocycles. The van der Waals surface area contributed by atoms with E-state index in [1.165, 1.54) is 17.8 Å². The van der Waals surface area contributed by atoms with Crippen molar-refractivity contribution in [2.45, 2.75) is 63.0 Å². The maximum atomic E-state index is 14.1. The van der Waals surface area contributed by atoms with Crippen LogP contribution in [0.25, 0.3) is 10.9 Å². The van der Waals surface area contributed by atoms with E-state index in [2.05, 4.69) is 5.32 Å². The topological polar surface area (TPSA) is 64.0 Å². The Bertz CT molecular complexity index is 1190. The second kappa shape index (κ2) is 9.86. The molecule has 1 fully saturated rings. The zero-order valence-electron chi connectivity index (χ0n) is 18.4. The summed E-state index contributed by atoms with van der Waals surface area (Å²) in [7, 11) is 0. The lowest BCUT2D eigenvalue weighted by atomic mass is 10.1. The zero-order valence-corrected chi connectivity index (χ0v) is 19.3. The summed E-state index contributed by atoms with van der Waals surface area (Å²) in [4.78, 5) is 30.7. The van der Waals surface area contributed by atoms with Crippen molar-refractivity contribution in [2.75, 3.05) is 0 Å². The molecule has 0 radical (unpaired) electrons. The molecule has 0 atom stereocenters. The number of fused-ring (bicyclic) bond motifs is 1. The summed E-state index contributed by atoms with van der Waals surface area (Å²) in [5.41, 5.74) is 1.42. The number of nitrogens with zero attached hydrogens (tertiary/aromatic N) is 2. The Labute approximate surface area is 191 Å². The summed E-state index contributed by atoms with van der Waals surface area (Å²) >= 11 is 1.34. The standard InChI is InChI=1S/C25H28FN3O2S/c1-16(2)14-29-24(31)20-12-11-17(23(30)27-19-8-4-5-9-19)13-22(20)28-25(29)32-15-18-7-3-6-10-21(18)26/h3,6-7,10-13,16,19H,4-5,8-9,14-15H2,1-2H3,(H,27,30). The van der Waals surface area contributed by atoms with E-state index in [4.69, 9.17) is 4.98 Å². The Balaban J connectivity index is 1.68. The molecule has 32 heavy (non-hydrogen) atoms. The number of hydrogen-bond donors (Lipinski definition) is 1. The summed E-state index contributed by atoms with van der Waals surface area (Å²) in [5.74, 6) is 0.207. The number of carbonyl (C=O) groups excluding carboxylic acids is 1. The highest BCUT2D eigenvalue weighted by atomic mass is 32.2. The lowest BCUT2D eigenvalue weighted by Gasteiger charge is -2.16. The maximum absolute atomic E-state index is 14.1. The highest BCUT2D eigenvalue weighted by Crippen LogP contribution is 2.25. The first kappa shape index (κ1) is 22.5. The first-order chi connectivity index (χ1) is 15.4. The van der Waals surface area contributed by atoms with Gasteiger partial charge in [-0.05, 0) is 48.6 Å². The van der Waals surface area contributed by atoms with Crippen molar-refractivity contribution in [3.8, 4) is 0 Å². The van der Waals surface area contributed by atoms with Crippen LogP contribution in [-0.4, -0.2) is 21.5 Å². The predicted molar refractivity (Wildman–Crippen MR) is 127 cm³/mol. The van der Waals surface area contributed by atoms with Gasteiger partial charge in [-0.25, -0.2) is 9.37 Å². The minimum Gasteiger partial charge on any atom is -0.349 e. The van der Waals surface area contributed by atoms with Crippen LogP contribution < -0.4 is 10.9 Å². The lowest BCUT2D eigenvalue weighted by molar-refractivity contribution is 0.0938. The number of benzene rings is 2. The fourth-order valence-electron chi connectivity index (χ4n) is 4.07. The fraction of sp³-hybridized carbons (Fsp3) is 0.400. The molecule has 5 nitrogen and oxygen atoms in total. The molecule has 1 saturated carbocycles. The molecule has 1 aliphatic rings. The van der Waals surface area contributed by atoms with Crippen LogP contribution in [0.3, 0.4) is 0 Å². The third kappa shape index (κ3) is 5.04. The van der Waals surface area contributed by atoms with Gasteiger partial charge < -0.3 is 5.32 Å². The van der Waals surface area contributed by atoms with Crippen LogP contribution in [0.15, 0.2) is 52.4 Å². The second-order valence-electron chi connectivity index (χ2n) is 8.77. The average Bonchev–Trinajstić information content (AvgIpc) is 3.28. The molecule has 1 N–H and O–H groups in total. The van der Waals surface area contributed by atoms with Gasteiger partial charge in [0.25, 0.3) is 11.5 Å². The summed E-state index contributed by atoms with van der Waals surface area (Å²) in [6.07, 6.45) is 4.30. The van der Waals surface area contributed by atoms with Gasteiger partial charge in [-0.2, -0.15) is 0 Å². The number of amides is 1. The first-order valence-corrected chi connectivity index (χ1v) is 12.1. The molecule has 7 heteroatoms. The molecular weight excluding hydrogens is 425 g/mol. The smallest absolute Gasteiger partial charge is 0.262 e. The van der Waals surface area contributed by atoms with Crippen LogP contribution in [-0.2, 0) is 12.3 Å². The lowest BCUT2D eigenvalue weighted by Crippen LogP contribution is -2.32. The Morgan fingerprint density at radius 3 is 2.69 bits per heavy atom. The number of rotatable bonds is 7. The average molecular weight is 454 g/mol. The van der Waals surface area contributed by atoms with Gasteiger partial charge in [-0.15, -0.1) is 0 Å². The van der Waals surface area contributed by atoms with Crippen molar-refractivity contribution in [1.82, 2.24) is 14.9 Å². The highest BCUT2D eigenvalue weighted by Gasteiger charge is 2.19. The van der Waals surface area contributed by atoms with E-state index in [0.29, 0.717) is 39.5 Å². The van der Waals surface area contributed by atoms with Crippen LogP contribution in [0, 0.1) is 11.7 Å². The molecule has 0 unspecified atom stereocenters. The number of aromatic nitrogens is 2. The quantitative estimate of drug-likeness (QED) is 0.397. The zero-order chi connectivity index (χ0) is 22.7. The van der Waals surface area contributed by atoms with E-state index >= 15 is 0 Å². The van der Waals surface area contributed by atoms with E-state index in [1.54, 1.807) is 41.0 Å². The van der Waals surface area contributed by atoms with Gasteiger partial charge in [-0.1, -0.05) is 56.7 Å². The van der Waals surface area contributed by atoms with Gasteiger partial charge >= 0.3 is 0 Å².